The molecule has 1 heterocycles. The number of aryl methyl sites for hydroxylation is 3. The van der Waals surface area contributed by atoms with E-state index in [1.54, 1.807) is 4.31 Å². The van der Waals surface area contributed by atoms with Gasteiger partial charge in [-0.2, -0.15) is 0 Å². The van der Waals surface area contributed by atoms with E-state index in [9.17, 15) is 9.59 Å². The number of nitrogens with zero attached hydrogens (tertiary/aromatic N) is 1. The minimum Gasteiger partial charge on any atom is -0.428 e. The predicted molar refractivity (Wildman–Crippen MR) is 117 cm³/mol. The number of amides is 1. The zero-order chi connectivity index (χ0) is 21.4. The third-order valence-electron chi connectivity index (χ3n) is 4.76. The molecule has 1 aliphatic heterocycles. The zero-order valence-corrected chi connectivity index (χ0v) is 19.5. The summed E-state index contributed by atoms with van der Waals surface area (Å²) in [6.07, 6.45) is 0.292. The molecule has 4 nitrogen and oxygen atoms in total. The summed E-state index contributed by atoms with van der Waals surface area (Å²) in [5.74, 6) is 0.831. The highest BCUT2D eigenvalue weighted by Crippen LogP contribution is 2.46. The van der Waals surface area contributed by atoms with Gasteiger partial charge in [0.2, 0.25) is 0 Å². The molecule has 0 aromatic heterocycles. The summed E-state index contributed by atoms with van der Waals surface area (Å²) in [5.41, 5.74) is 3.69. The molecule has 0 saturated heterocycles. The summed E-state index contributed by atoms with van der Waals surface area (Å²) in [6, 6.07) is 4.14. The molecule has 1 aromatic carbocycles. The van der Waals surface area contributed by atoms with Crippen molar-refractivity contribution < 1.29 is 14.3 Å². The van der Waals surface area contributed by atoms with Gasteiger partial charge in [0.15, 0.2) is 0 Å². The van der Waals surface area contributed by atoms with Crippen LogP contribution in [0.3, 0.4) is 0 Å². The van der Waals surface area contributed by atoms with Crippen LogP contribution in [0.5, 0.6) is 0 Å². The van der Waals surface area contributed by atoms with Crippen molar-refractivity contribution >= 4 is 29.4 Å². The molecule has 0 aliphatic carbocycles. The summed E-state index contributed by atoms with van der Waals surface area (Å²) in [7, 11) is 0. The van der Waals surface area contributed by atoms with Crippen LogP contribution in [-0.4, -0.2) is 27.5 Å². The maximum absolute atomic E-state index is 13.4. The summed E-state index contributed by atoms with van der Waals surface area (Å²) >= 11 is 1.46. The molecule has 1 amide bonds. The van der Waals surface area contributed by atoms with Gasteiger partial charge in [-0.25, -0.2) is 0 Å². The number of rotatable bonds is 5. The summed E-state index contributed by atoms with van der Waals surface area (Å²) < 4.78 is 7.67. The molecule has 0 saturated carbocycles. The molecular weight excluding hydrogens is 370 g/mol. The first-order valence-electron chi connectivity index (χ1n) is 9.80. The number of benzene rings is 1. The molecule has 1 aliphatic rings. The molecule has 0 fully saturated rings. The van der Waals surface area contributed by atoms with E-state index in [-0.39, 0.29) is 17.3 Å². The average molecular weight is 404 g/mol. The van der Waals surface area contributed by atoms with Crippen molar-refractivity contribution in [3.8, 4) is 0 Å². The molecule has 5 heteroatoms. The summed E-state index contributed by atoms with van der Waals surface area (Å²) in [6.45, 7) is 18.0. The minimum atomic E-state index is -0.704. The molecular formula is C23H33NO3S. The minimum absolute atomic E-state index is 0.0922. The maximum atomic E-state index is 13.4. The highest BCUT2D eigenvalue weighted by molar-refractivity contribution is 7.97. The van der Waals surface area contributed by atoms with E-state index in [2.05, 4.69) is 12.1 Å². The second-order valence-electron chi connectivity index (χ2n) is 9.27. The normalized spacial score (nSPS) is 16.8. The average Bonchev–Trinajstić information content (AvgIpc) is 2.67. The Morgan fingerprint density at radius 2 is 1.68 bits per heavy atom. The number of hydrogen-bond donors (Lipinski definition) is 0. The van der Waals surface area contributed by atoms with Crippen LogP contribution in [0.1, 0.15) is 70.2 Å². The van der Waals surface area contributed by atoms with Crippen molar-refractivity contribution in [3.05, 3.63) is 40.1 Å². The van der Waals surface area contributed by atoms with Gasteiger partial charge in [-0.05, 0) is 68.7 Å². The maximum Gasteiger partial charge on any atom is 0.311 e. The monoisotopic (exact) mass is 403 g/mol. The van der Waals surface area contributed by atoms with E-state index < -0.39 is 5.54 Å². The highest BCUT2D eigenvalue weighted by Gasteiger charge is 2.49. The van der Waals surface area contributed by atoms with Gasteiger partial charge in [-0.3, -0.25) is 13.9 Å². The van der Waals surface area contributed by atoms with E-state index in [4.69, 9.17) is 4.74 Å². The van der Waals surface area contributed by atoms with Gasteiger partial charge in [-0.1, -0.05) is 45.4 Å². The highest BCUT2D eigenvalue weighted by atomic mass is 32.2. The van der Waals surface area contributed by atoms with E-state index in [0.717, 1.165) is 28.0 Å². The SMILES string of the molecule is CCSN1C(=O)C(c2c(C)cc(C)cc2C)=C(OC(=O)CC(C)(C)C)C1(C)C. The van der Waals surface area contributed by atoms with Crippen LogP contribution in [0.4, 0.5) is 0 Å². The van der Waals surface area contributed by atoms with Gasteiger partial charge < -0.3 is 4.74 Å². The summed E-state index contributed by atoms with van der Waals surface area (Å²) in [5, 5.41) is 0. The Hall–Kier alpha value is -1.75. The zero-order valence-electron chi connectivity index (χ0n) is 18.6. The molecule has 0 unspecified atom stereocenters. The number of carbonyl (C=O) groups excluding carboxylic acids is 2. The van der Waals surface area contributed by atoms with Gasteiger partial charge in [0.1, 0.15) is 11.3 Å². The second kappa shape index (κ2) is 7.94. The quantitative estimate of drug-likeness (QED) is 0.475. The van der Waals surface area contributed by atoms with Gasteiger partial charge >= 0.3 is 5.97 Å². The van der Waals surface area contributed by atoms with Crippen molar-refractivity contribution in [2.45, 2.75) is 74.3 Å². The Balaban J connectivity index is 2.66. The first-order chi connectivity index (χ1) is 12.8. The van der Waals surface area contributed by atoms with Crippen LogP contribution in [0.25, 0.3) is 5.57 Å². The molecule has 28 heavy (non-hydrogen) atoms. The van der Waals surface area contributed by atoms with Crippen molar-refractivity contribution in [1.29, 1.82) is 0 Å². The first-order valence-corrected chi connectivity index (χ1v) is 10.7. The van der Waals surface area contributed by atoms with E-state index in [1.807, 2.05) is 62.3 Å². The fraction of sp³-hybridized carbons (Fsp3) is 0.565. The van der Waals surface area contributed by atoms with Crippen molar-refractivity contribution in [3.63, 3.8) is 0 Å². The van der Waals surface area contributed by atoms with Crippen LogP contribution < -0.4 is 0 Å². The van der Waals surface area contributed by atoms with Crippen LogP contribution in [0.15, 0.2) is 17.9 Å². The Morgan fingerprint density at radius 3 is 2.14 bits per heavy atom. The molecule has 1 aromatic rings. The predicted octanol–water partition coefficient (Wildman–Crippen LogP) is 5.59. The van der Waals surface area contributed by atoms with Gasteiger partial charge in [0.25, 0.3) is 5.91 Å². The molecule has 154 valence electrons. The van der Waals surface area contributed by atoms with E-state index in [0.29, 0.717) is 17.8 Å². The molecule has 0 N–H and O–H groups in total. The standard InChI is InChI=1S/C23H33NO3S/c1-10-28-24-21(26)19(18-15(3)11-14(2)12-16(18)4)20(23(24,8)9)27-17(25)13-22(5,6)7/h11-12H,10,13H2,1-9H3. The molecule has 0 bridgehead atoms. The fourth-order valence-electron chi connectivity index (χ4n) is 3.75. The van der Waals surface area contributed by atoms with Gasteiger partial charge in [0.05, 0.1) is 12.0 Å². The third-order valence-corrected chi connectivity index (χ3v) is 5.90. The van der Waals surface area contributed by atoms with Gasteiger partial charge in [0, 0.05) is 5.75 Å². The van der Waals surface area contributed by atoms with Crippen molar-refractivity contribution in [2.75, 3.05) is 5.75 Å². The van der Waals surface area contributed by atoms with E-state index >= 15 is 0 Å². The van der Waals surface area contributed by atoms with Crippen LogP contribution in [0, 0.1) is 26.2 Å². The fourth-order valence-corrected chi connectivity index (χ4v) is 4.63. The lowest BCUT2D eigenvalue weighted by Gasteiger charge is -2.32. The largest absolute Gasteiger partial charge is 0.428 e. The number of hydrogen-bond acceptors (Lipinski definition) is 4. The molecule has 0 radical (unpaired) electrons. The van der Waals surface area contributed by atoms with Gasteiger partial charge in [-0.15, -0.1) is 0 Å². The molecule has 2 rings (SSSR count). The Labute approximate surface area is 173 Å². The lowest BCUT2D eigenvalue weighted by Crippen LogP contribution is -2.39. The third kappa shape index (κ3) is 4.45. The second-order valence-corrected chi connectivity index (χ2v) is 10.5. The molecule has 0 spiro atoms. The number of esters is 1. The Bertz CT molecular complexity index is 808. The van der Waals surface area contributed by atoms with Crippen molar-refractivity contribution in [2.24, 2.45) is 5.41 Å². The summed E-state index contributed by atoms with van der Waals surface area (Å²) in [4.78, 5) is 26.1. The Kier molecular flexibility index (Phi) is 6.39. The topological polar surface area (TPSA) is 46.6 Å². The first kappa shape index (κ1) is 22.5. The van der Waals surface area contributed by atoms with Crippen LogP contribution in [-0.2, 0) is 14.3 Å². The lowest BCUT2D eigenvalue weighted by atomic mass is 9.91. The lowest BCUT2D eigenvalue weighted by molar-refractivity contribution is -0.143. The number of ether oxygens (including phenoxy) is 1. The Morgan fingerprint density at radius 1 is 1.14 bits per heavy atom. The van der Waals surface area contributed by atoms with E-state index in [1.165, 1.54) is 11.9 Å². The molecule has 0 atom stereocenters. The van der Waals surface area contributed by atoms with Crippen LogP contribution in [0.2, 0.25) is 0 Å². The van der Waals surface area contributed by atoms with Crippen molar-refractivity contribution in [1.82, 2.24) is 4.31 Å². The smallest absolute Gasteiger partial charge is 0.311 e. The van der Waals surface area contributed by atoms with Crippen LogP contribution >= 0.6 is 11.9 Å². The number of carbonyl (C=O) groups is 2.